The molecule has 90 valence electrons. The van der Waals surface area contributed by atoms with E-state index in [1.165, 1.54) is 4.31 Å². The summed E-state index contributed by atoms with van der Waals surface area (Å²) < 4.78 is 30.6. The highest BCUT2D eigenvalue weighted by Crippen LogP contribution is 2.15. The van der Waals surface area contributed by atoms with E-state index in [4.69, 9.17) is 16.3 Å². The second-order valence-electron chi connectivity index (χ2n) is 3.66. The van der Waals surface area contributed by atoms with Crippen LogP contribution in [0.25, 0.3) is 0 Å². The first-order valence-electron chi connectivity index (χ1n) is 5.25. The Bertz CT molecular complexity index is 281. The number of hydrogen-bond acceptors (Lipinski definition) is 3. The van der Waals surface area contributed by atoms with E-state index in [9.17, 15) is 8.42 Å². The van der Waals surface area contributed by atoms with Crippen molar-refractivity contribution in [2.75, 3.05) is 31.4 Å². The van der Waals surface area contributed by atoms with Gasteiger partial charge in [0.1, 0.15) is 0 Å². The van der Waals surface area contributed by atoms with Gasteiger partial charge >= 0.3 is 0 Å². The fourth-order valence-corrected chi connectivity index (χ4v) is 3.74. The Labute approximate surface area is 96.6 Å². The van der Waals surface area contributed by atoms with E-state index >= 15 is 0 Å². The number of halogens is 1. The molecule has 1 saturated heterocycles. The minimum atomic E-state index is -3.14. The molecule has 1 atom stereocenters. The van der Waals surface area contributed by atoms with Gasteiger partial charge in [0.05, 0.1) is 25.0 Å². The van der Waals surface area contributed by atoms with Crippen molar-refractivity contribution in [2.24, 2.45) is 0 Å². The first-order chi connectivity index (χ1) is 7.11. The predicted octanol–water partition coefficient (Wildman–Crippen LogP) is 1.06. The monoisotopic (exact) mass is 255 g/mol. The van der Waals surface area contributed by atoms with Crippen molar-refractivity contribution in [3.63, 3.8) is 0 Å². The quantitative estimate of drug-likeness (QED) is 0.690. The van der Waals surface area contributed by atoms with Gasteiger partial charge in [-0.15, -0.1) is 11.6 Å². The molecule has 6 heteroatoms. The fraction of sp³-hybridized carbons (Fsp3) is 1.00. The number of ether oxygens (including phenoxy) is 1. The van der Waals surface area contributed by atoms with E-state index in [-0.39, 0.29) is 11.8 Å². The molecule has 1 unspecified atom stereocenters. The molecule has 0 spiro atoms. The first kappa shape index (κ1) is 13.2. The maximum Gasteiger partial charge on any atom is 0.214 e. The molecule has 0 saturated carbocycles. The van der Waals surface area contributed by atoms with Crippen LogP contribution in [-0.4, -0.2) is 50.2 Å². The molecule has 1 aliphatic heterocycles. The van der Waals surface area contributed by atoms with Crippen LogP contribution >= 0.6 is 11.6 Å². The minimum Gasteiger partial charge on any atom is -0.378 e. The smallest absolute Gasteiger partial charge is 0.214 e. The van der Waals surface area contributed by atoms with Crippen molar-refractivity contribution in [3.8, 4) is 0 Å². The largest absolute Gasteiger partial charge is 0.378 e. The van der Waals surface area contributed by atoms with Gasteiger partial charge in [-0.2, -0.15) is 4.31 Å². The summed E-state index contributed by atoms with van der Waals surface area (Å²) in [5.41, 5.74) is 0. The van der Waals surface area contributed by atoms with E-state index in [1.54, 1.807) is 0 Å². The summed E-state index contributed by atoms with van der Waals surface area (Å²) in [5, 5.41) is 0. The second-order valence-corrected chi connectivity index (χ2v) is 6.01. The molecule has 1 fully saturated rings. The van der Waals surface area contributed by atoms with Gasteiger partial charge in [0.15, 0.2) is 0 Å². The predicted molar refractivity (Wildman–Crippen MR) is 60.7 cm³/mol. The highest BCUT2D eigenvalue weighted by atomic mass is 35.5. The average molecular weight is 256 g/mol. The van der Waals surface area contributed by atoms with Gasteiger partial charge in [-0.1, -0.05) is 13.3 Å². The van der Waals surface area contributed by atoms with Crippen LogP contribution < -0.4 is 0 Å². The molecule has 1 rings (SSSR count). The Hall–Kier alpha value is 0.160. The minimum absolute atomic E-state index is 0.192. The Morgan fingerprint density at radius 2 is 2.27 bits per heavy atom. The van der Waals surface area contributed by atoms with Gasteiger partial charge in [-0.3, -0.25) is 0 Å². The van der Waals surface area contributed by atoms with Crippen LogP contribution in [0.15, 0.2) is 0 Å². The Kier molecular flexibility index (Phi) is 5.32. The molecule has 0 aromatic rings. The molecule has 0 amide bonds. The third-order valence-corrected chi connectivity index (χ3v) is 4.82. The highest BCUT2D eigenvalue weighted by Gasteiger charge is 2.31. The second kappa shape index (κ2) is 6.03. The summed E-state index contributed by atoms with van der Waals surface area (Å²) in [5.74, 6) is 0.516. The van der Waals surface area contributed by atoms with Crippen molar-refractivity contribution >= 4 is 21.6 Å². The van der Waals surface area contributed by atoms with Crippen molar-refractivity contribution < 1.29 is 13.2 Å². The Balaban J connectivity index is 2.65. The van der Waals surface area contributed by atoms with Crippen LogP contribution in [0.3, 0.4) is 0 Å². The molecule has 4 nitrogen and oxygen atoms in total. The summed E-state index contributed by atoms with van der Waals surface area (Å²) in [6.45, 7) is 3.30. The first-order valence-corrected chi connectivity index (χ1v) is 7.39. The number of morpholine rings is 1. The molecule has 0 N–H and O–H groups in total. The van der Waals surface area contributed by atoms with E-state index < -0.39 is 10.0 Å². The summed E-state index contributed by atoms with van der Waals surface area (Å²) in [6, 6.07) is -0.192. The molecule has 0 aliphatic carbocycles. The topological polar surface area (TPSA) is 46.6 Å². The average Bonchev–Trinajstić information content (AvgIpc) is 2.26. The standard InChI is InChI=1S/C9H18ClNO3S/c1-2-3-6-15(12,13)11-4-5-14-8-9(11)7-10/h9H,2-8H2,1H3. The van der Waals surface area contributed by atoms with E-state index in [1.807, 2.05) is 6.92 Å². The molecular weight excluding hydrogens is 238 g/mol. The molecule has 0 aromatic carbocycles. The van der Waals surface area contributed by atoms with Gasteiger partial charge in [0, 0.05) is 12.4 Å². The van der Waals surface area contributed by atoms with Crippen LogP contribution in [0.1, 0.15) is 19.8 Å². The van der Waals surface area contributed by atoms with Gasteiger partial charge < -0.3 is 4.74 Å². The third-order valence-electron chi connectivity index (χ3n) is 2.46. The summed E-state index contributed by atoms with van der Waals surface area (Å²) in [4.78, 5) is 0. The van der Waals surface area contributed by atoms with Gasteiger partial charge in [0.2, 0.25) is 10.0 Å². The van der Waals surface area contributed by atoms with Gasteiger partial charge in [0.25, 0.3) is 0 Å². The third kappa shape index (κ3) is 3.59. The van der Waals surface area contributed by atoms with Crippen LogP contribution in [0.5, 0.6) is 0 Å². The number of sulfonamides is 1. The zero-order valence-electron chi connectivity index (χ0n) is 8.99. The molecule has 1 aliphatic rings. The van der Waals surface area contributed by atoms with E-state index in [0.717, 1.165) is 6.42 Å². The lowest BCUT2D eigenvalue weighted by Gasteiger charge is -2.33. The number of unbranched alkanes of at least 4 members (excludes halogenated alkanes) is 1. The number of hydrogen-bond donors (Lipinski definition) is 0. The lowest BCUT2D eigenvalue weighted by atomic mass is 10.3. The van der Waals surface area contributed by atoms with Crippen molar-refractivity contribution in [1.82, 2.24) is 4.31 Å². The molecule has 0 bridgehead atoms. The number of nitrogens with zero attached hydrogens (tertiary/aromatic N) is 1. The normalized spacial score (nSPS) is 24.3. The van der Waals surface area contributed by atoms with Crippen LogP contribution in [0.4, 0.5) is 0 Å². The van der Waals surface area contributed by atoms with Crippen molar-refractivity contribution in [1.29, 1.82) is 0 Å². The molecule has 1 heterocycles. The molecule has 0 aromatic heterocycles. The van der Waals surface area contributed by atoms with Crippen LogP contribution in [-0.2, 0) is 14.8 Å². The molecule has 15 heavy (non-hydrogen) atoms. The number of alkyl halides is 1. The van der Waals surface area contributed by atoms with E-state index in [0.29, 0.717) is 32.1 Å². The Morgan fingerprint density at radius 1 is 1.53 bits per heavy atom. The van der Waals surface area contributed by atoms with Crippen LogP contribution in [0.2, 0.25) is 0 Å². The maximum absolute atomic E-state index is 11.9. The number of rotatable bonds is 5. The summed E-state index contributed by atoms with van der Waals surface area (Å²) in [6.07, 6.45) is 1.59. The fourth-order valence-electron chi connectivity index (χ4n) is 1.57. The lowest BCUT2D eigenvalue weighted by Crippen LogP contribution is -2.50. The maximum atomic E-state index is 11.9. The zero-order chi connectivity index (χ0) is 11.3. The summed E-state index contributed by atoms with van der Waals surface area (Å²) in [7, 11) is -3.14. The lowest BCUT2D eigenvalue weighted by molar-refractivity contribution is 0.0404. The SMILES string of the molecule is CCCCS(=O)(=O)N1CCOCC1CCl. The van der Waals surface area contributed by atoms with Crippen molar-refractivity contribution in [2.45, 2.75) is 25.8 Å². The summed E-state index contributed by atoms with van der Waals surface area (Å²) >= 11 is 5.73. The van der Waals surface area contributed by atoms with Gasteiger partial charge in [-0.25, -0.2) is 8.42 Å². The van der Waals surface area contributed by atoms with Gasteiger partial charge in [-0.05, 0) is 6.42 Å². The molecular formula is C9H18ClNO3S. The van der Waals surface area contributed by atoms with Crippen molar-refractivity contribution in [3.05, 3.63) is 0 Å². The molecule has 0 radical (unpaired) electrons. The highest BCUT2D eigenvalue weighted by molar-refractivity contribution is 7.89. The Morgan fingerprint density at radius 3 is 2.87 bits per heavy atom. The zero-order valence-corrected chi connectivity index (χ0v) is 10.6. The van der Waals surface area contributed by atoms with E-state index in [2.05, 4.69) is 0 Å². The van der Waals surface area contributed by atoms with Crippen LogP contribution in [0, 0.1) is 0 Å².